The number of hydrogen-bond acceptors (Lipinski definition) is 6. The number of rotatable bonds is 11. The molecule has 0 aliphatic rings. The zero-order valence-electron chi connectivity index (χ0n) is 23.6. The molecule has 0 fully saturated rings. The van der Waals surface area contributed by atoms with Crippen molar-refractivity contribution < 1.29 is 41.4 Å². The largest absolute Gasteiger partial charge is 0.486 e. The van der Waals surface area contributed by atoms with Crippen LogP contribution in [0.5, 0.6) is 5.75 Å². The average molecular weight is 577 g/mol. The fourth-order valence-corrected chi connectivity index (χ4v) is 4.63. The summed E-state index contributed by atoms with van der Waals surface area (Å²) >= 11 is 0. The van der Waals surface area contributed by atoms with E-state index in [1.54, 1.807) is 26.0 Å². The Hall–Kier alpha value is -3.53. The Bertz CT molecular complexity index is 1300. The number of furan rings is 1. The second-order valence-corrected chi connectivity index (χ2v) is 17.1. The molecule has 0 bridgehead atoms. The smallest absolute Gasteiger partial charge is 0.416 e. The molecule has 0 radical (unpaired) electrons. The van der Waals surface area contributed by atoms with Crippen molar-refractivity contribution in [2.75, 3.05) is 13.7 Å². The first kappa shape index (κ1) is 31.0. The van der Waals surface area contributed by atoms with Gasteiger partial charge >= 0.3 is 18.1 Å². The fraction of sp³-hybridized carbons (Fsp3) is 0.400. The zero-order valence-corrected chi connectivity index (χ0v) is 24.6. The van der Waals surface area contributed by atoms with E-state index in [4.69, 9.17) is 18.6 Å². The Balaban J connectivity index is 1.79. The summed E-state index contributed by atoms with van der Waals surface area (Å²) < 4.78 is 61.1. The molecule has 0 spiro atoms. The molecule has 0 atom stereocenters. The number of alkyl halides is 3. The zero-order chi connectivity index (χ0) is 29.7. The fourth-order valence-electron chi connectivity index (χ4n) is 3.91. The maximum Gasteiger partial charge on any atom is 0.416 e. The van der Waals surface area contributed by atoms with Gasteiger partial charge in [0.2, 0.25) is 0 Å². The van der Waals surface area contributed by atoms with E-state index in [0.29, 0.717) is 17.7 Å². The Morgan fingerprint density at radius 3 is 2.12 bits per heavy atom. The topological polar surface area (TPSA) is 75.0 Å². The highest BCUT2D eigenvalue weighted by atomic mass is 28.3. The van der Waals surface area contributed by atoms with Crippen LogP contribution in [0.4, 0.5) is 13.2 Å². The molecule has 1 heterocycles. The Labute approximate surface area is 233 Å². The molecule has 0 saturated carbocycles. The van der Waals surface area contributed by atoms with E-state index in [0.717, 1.165) is 23.7 Å². The van der Waals surface area contributed by atoms with Crippen molar-refractivity contribution in [2.24, 2.45) is 5.41 Å². The molecule has 40 heavy (non-hydrogen) atoms. The minimum Gasteiger partial charge on any atom is -0.486 e. The Kier molecular flexibility index (Phi) is 9.55. The highest BCUT2D eigenvalue weighted by Crippen LogP contribution is 2.33. The van der Waals surface area contributed by atoms with Crippen LogP contribution in [0.2, 0.25) is 25.7 Å². The number of methoxy groups -OCH3 is 1. The normalized spacial score (nSPS) is 12.2. The first-order valence-electron chi connectivity index (χ1n) is 12.9. The van der Waals surface area contributed by atoms with Crippen LogP contribution in [0.3, 0.4) is 0 Å². The van der Waals surface area contributed by atoms with Crippen molar-refractivity contribution >= 4 is 20.0 Å². The Morgan fingerprint density at radius 2 is 1.57 bits per heavy atom. The lowest BCUT2D eigenvalue weighted by atomic mass is 9.86. The second kappa shape index (κ2) is 12.3. The average Bonchev–Trinajstić information content (AvgIpc) is 3.31. The van der Waals surface area contributed by atoms with Gasteiger partial charge < -0.3 is 18.6 Å². The van der Waals surface area contributed by atoms with Crippen molar-refractivity contribution in [1.82, 2.24) is 0 Å². The van der Waals surface area contributed by atoms with Crippen LogP contribution in [0.1, 0.15) is 41.1 Å². The van der Waals surface area contributed by atoms with Crippen molar-refractivity contribution in [2.45, 2.75) is 58.7 Å². The summed E-state index contributed by atoms with van der Waals surface area (Å²) in [6, 6.07) is 13.9. The van der Waals surface area contributed by atoms with E-state index in [9.17, 15) is 22.8 Å². The number of halogens is 3. The maximum absolute atomic E-state index is 13.0. The summed E-state index contributed by atoms with van der Waals surface area (Å²) in [5, 5.41) is 0. The summed E-state index contributed by atoms with van der Waals surface area (Å²) in [4.78, 5) is 24.9. The lowest BCUT2D eigenvalue weighted by Gasteiger charge is -2.21. The van der Waals surface area contributed by atoms with Crippen molar-refractivity contribution in [1.29, 1.82) is 0 Å². The molecular formula is C30H35F3O6Si. The molecule has 10 heteroatoms. The number of esters is 2. The van der Waals surface area contributed by atoms with Gasteiger partial charge in [-0.1, -0.05) is 43.9 Å². The van der Waals surface area contributed by atoms with Crippen LogP contribution in [-0.2, 0) is 33.5 Å². The molecule has 6 nitrogen and oxygen atoms in total. The minimum absolute atomic E-state index is 0.105. The van der Waals surface area contributed by atoms with E-state index >= 15 is 0 Å². The van der Waals surface area contributed by atoms with E-state index in [-0.39, 0.29) is 36.3 Å². The first-order chi connectivity index (χ1) is 18.6. The lowest BCUT2D eigenvalue weighted by molar-refractivity contribution is -0.150. The third kappa shape index (κ3) is 8.48. The molecule has 0 N–H and O–H groups in total. The van der Waals surface area contributed by atoms with Crippen LogP contribution in [-0.4, -0.2) is 33.7 Å². The predicted octanol–water partition coefficient (Wildman–Crippen LogP) is 7.78. The molecule has 1 aromatic heterocycles. The standard InChI is InChI=1S/C30H35F3O6Si/c1-29(2,28(35)36-3)18-20-7-13-23(14-8-20)38-19-26-24(27(34)37-15-16-40(4,5)6)17-25(39-26)21-9-11-22(12-10-21)30(31,32)33/h7-14,17H,15-16,18-19H2,1-6H3. The van der Waals surface area contributed by atoms with Gasteiger partial charge in [-0.3, -0.25) is 4.79 Å². The van der Waals surface area contributed by atoms with E-state index < -0.39 is 31.2 Å². The highest BCUT2D eigenvalue weighted by Gasteiger charge is 2.31. The summed E-state index contributed by atoms with van der Waals surface area (Å²) in [5.74, 6) is 0.0386. The molecule has 0 aliphatic heterocycles. The molecule has 3 rings (SSSR count). The minimum atomic E-state index is -4.46. The highest BCUT2D eigenvalue weighted by molar-refractivity contribution is 6.76. The van der Waals surface area contributed by atoms with Gasteiger partial charge in [0.25, 0.3) is 0 Å². The number of ether oxygens (including phenoxy) is 3. The van der Waals surface area contributed by atoms with Crippen LogP contribution < -0.4 is 4.74 Å². The molecular weight excluding hydrogens is 541 g/mol. The molecule has 3 aromatic rings. The van der Waals surface area contributed by atoms with Crippen molar-refractivity contribution in [3.05, 3.63) is 77.0 Å². The van der Waals surface area contributed by atoms with Crippen LogP contribution in [0, 0.1) is 5.41 Å². The predicted molar refractivity (Wildman–Crippen MR) is 148 cm³/mol. The van der Waals surface area contributed by atoms with Gasteiger partial charge in [-0.15, -0.1) is 0 Å². The van der Waals surface area contributed by atoms with Gasteiger partial charge in [0.15, 0.2) is 5.76 Å². The summed E-state index contributed by atoms with van der Waals surface area (Å²) in [6.45, 7) is 10.3. The summed E-state index contributed by atoms with van der Waals surface area (Å²) in [7, 11) is -0.0815. The van der Waals surface area contributed by atoms with Crippen LogP contribution >= 0.6 is 0 Å². The second-order valence-electron chi connectivity index (χ2n) is 11.5. The van der Waals surface area contributed by atoms with Gasteiger partial charge in [0.1, 0.15) is 23.7 Å². The van der Waals surface area contributed by atoms with E-state index in [1.165, 1.54) is 25.3 Å². The molecule has 0 unspecified atom stereocenters. The number of carbonyl (C=O) groups is 2. The van der Waals surface area contributed by atoms with E-state index in [1.807, 2.05) is 12.1 Å². The number of carbonyl (C=O) groups excluding carboxylic acids is 2. The molecule has 0 saturated heterocycles. The molecule has 216 valence electrons. The lowest BCUT2D eigenvalue weighted by Crippen LogP contribution is -2.27. The summed E-state index contributed by atoms with van der Waals surface area (Å²) in [6.07, 6.45) is -3.99. The van der Waals surface area contributed by atoms with Gasteiger partial charge in [-0.2, -0.15) is 13.2 Å². The van der Waals surface area contributed by atoms with Gasteiger partial charge in [0.05, 0.1) is 24.7 Å². The van der Waals surface area contributed by atoms with Crippen LogP contribution in [0.15, 0.2) is 59.0 Å². The van der Waals surface area contributed by atoms with E-state index in [2.05, 4.69) is 19.6 Å². The summed E-state index contributed by atoms with van der Waals surface area (Å²) in [5.41, 5.74) is -0.0206. The maximum atomic E-state index is 13.0. The van der Waals surface area contributed by atoms with Crippen molar-refractivity contribution in [3.8, 4) is 17.1 Å². The quantitative estimate of drug-likeness (QED) is 0.171. The number of hydrogen-bond donors (Lipinski definition) is 0. The monoisotopic (exact) mass is 576 g/mol. The third-order valence-corrected chi connectivity index (χ3v) is 7.99. The number of benzene rings is 2. The van der Waals surface area contributed by atoms with Gasteiger partial charge in [-0.25, -0.2) is 4.79 Å². The van der Waals surface area contributed by atoms with Gasteiger partial charge in [-0.05, 0) is 62.2 Å². The first-order valence-corrected chi connectivity index (χ1v) is 16.6. The SMILES string of the molecule is COC(=O)C(C)(C)Cc1ccc(OCc2oc(-c3ccc(C(F)(F)F)cc3)cc2C(=O)OCC[Si](C)(C)C)cc1. The van der Waals surface area contributed by atoms with Crippen LogP contribution in [0.25, 0.3) is 11.3 Å². The van der Waals surface area contributed by atoms with Crippen molar-refractivity contribution in [3.63, 3.8) is 0 Å². The third-order valence-electron chi connectivity index (χ3n) is 6.29. The van der Waals surface area contributed by atoms with Gasteiger partial charge in [0, 0.05) is 13.6 Å². The molecule has 2 aromatic carbocycles. The molecule has 0 aliphatic carbocycles. The molecule has 0 amide bonds. The Morgan fingerprint density at radius 1 is 0.950 bits per heavy atom.